The number of hydrogen-bond donors (Lipinski definition) is 2. The molecule has 6 heteroatoms. The maximum absolute atomic E-state index is 13.6. The number of phenolic OH excluding ortho intramolecular Hbond substituents is 1. The summed E-state index contributed by atoms with van der Waals surface area (Å²) < 4.78 is 13.6. The van der Waals surface area contributed by atoms with E-state index < -0.39 is 6.04 Å². The Bertz CT molecular complexity index is 1240. The summed E-state index contributed by atoms with van der Waals surface area (Å²) in [5.41, 5.74) is 4.09. The van der Waals surface area contributed by atoms with Crippen LogP contribution in [0.2, 0.25) is 0 Å². The highest BCUT2D eigenvalue weighted by molar-refractivity contribution is 6.00. The minimum absolute atomic E-state index is 0.0878. The molecule has 5 rings (SSSR count). The first kappa shape index (κ1) is 19.1. The Hall–Kier alpha value is -3.93. The molecular weight excluding hydrogens is 393 g/mol. The number of rotatable bonds is 5. The maximum atomic E-state index is 13.6. The van der Waals surface area contributed by atoms with Gasteiger partial charge in [0, 0.05) is 17.7 Å². The van der Waals surface area contributed by atoms with Crippen molar-refractivity contribution in [2.24, 2.45) is 0 Å². The lowest BCUT2D eigenvalue weighted by molar-refractivity contribution is 0.0746. The average molecular weight is 413 g/mol. The molecule has 0 saturated carbocycles. The lowest BCUT2D eigenvalue weighted by atomic mass is 9.95. The number of benzene rings is 3. The zero-order chi connectivity index (χ0) is 21.4. The predicted octanol–water partition coefficient (Wildman–Crippen LogP) is 4.71. The second-order valence-electron chi connectivity index (χ2n) is 7.57. The van der Waals surface area contributed by atoms with Crippen molar-refractivity contribution in [3.05, 3.63) is 107 Å². The second kappa shape index (κ2) is 7.72. The molecule has 2 heterocycles. The van der Waals surface area contributed by atoms with Crippen LogP contribution in [0, 0.1) is 5.82 Å². The van der Waals surface area contributed by atoms with E-state index in [1.165, 1.54) is 12.1 Å². The minimum Gasteiger partial charge on any atom is -0.507 e. The van der Waals surface area contributed by atoms with Crippen LogP contribution in [0.1, 0.15) is 33.2 Å². The van der Waals surface area contributed by atoms with Gasteiger partial charge in [0.1, 0.15) is 23.0 Å². The molecule has 4 aromatic rings. The molecule has 3 aromatic carbocycles. The van der Waals surface area contributed by atoms with E-state index in [-0.39, 0.29) is 17.5 Å². The van der Waals surface area contributed by atoms with E-state index >= 15 is 0 Å². The molecule has 31 heavy (non-hydrogen) atoms. The zero-order valence-electron chi connectivity index (χ0n) is 16.6. The van der Waals surface area contributed by atoms with Gasteiger partial charge in [0.15, 0.2) is 0 Å². The summed E-state index contributed by atoms with van der Waals surface area (Å²) in [7, 11) is 0. The first-order valence-corrected chi connectivity index (χ1v) is 10.1. The predicted molar refractivity (Wildman–Crippen MR) is 115 cm³/mol. The molecule has 0 fully saturated rings. The van der Waals surface area contributed by atoms with Crippen LogP contribution in [-0.4, -0.2) is 32.7 Å². The minimum atomic E-state index is -0.430. The number of aromatic hydroxyl groups is 1. The Morgan fingerprint density at radius 1 is 0.968 bits per heavy atom. The van der Waals surface area contributed by atoms with Crippen LogP contribution in [0.4, 0.5) is 4.39 Å². The molecule has 5 nitrogen and oxygen atoms in total. The van der Waals surface area contributed by atoms with Crippen molar-refractivity contribution in [3.63, 3.8) is 0 Å². The van der Waals surface area contributed by atoms with Crippen molar-refractivity contribution in [1.29, 1.82) is 0 Å². The van der Waals surface area contributed by atoms with Gasteiger partial charge in [0.05, 0.1) is 6.04 Å². The number of phenols is 1. The summed E-state index contributed by atoms with van der Waals surface area (Å²) in [5, 5.41) is 17.6. The van der Waals surface area contributed by atoms with Crippen LogP contribution in [0.5, 0.6) is 5.75 Å². The zero-order valence-corrected chi connectivity index (χ0v) is 16.6. The molecule has 0 radical (unpaired) electrons. The second-order valence-corrected chi connectivity index (χ2v) is 7.57. The van der Waals surface area contributed by atoms with E-state index in [9.17, 15) is 14.3 Å². The van der Waals surface area contributed by atoms with Gasteiger partial charge in [-0.05, 0) is 41.8 Å². The Morgan fingerprint density at radius 3 is 2.42 bits per heavy atom. The van der Waals surface area contributed by atoms with Gasteiger partial charge in [-0.3, -0.25) is 9.89 Å². The van der Waals surface area contributed by atoms with Crippen molar-refractivity contribution in [3.8, 4) is 17.0 Å². The van der Waals surface area contributed by atoms with Crippen LogP contribution in [0.25, 0.3) is 11.3 Å². The largest absolute Gasteiger partial charge is 0.507 e. The fourth-order valence-corrected chi connectivity index (χ4v) is 4.19. The topological polar surface area (TPSA) is 69.2 Å². The third-order valence-electron chi connectivity index (χ3n) is 5.69. The Morgan fingerprint density at radius 2 is 1.68 bits per heavy atom. The number of H-pyrrole nitrogens is 1. The van der Waals surface area contributed by atoms with Crippen LogP contribution in [0.3, 0.4) is 0 Å². The van der Waals surface area contributed by atoms with Crippen LogP contribution >= 0.6 is 0 Å². The molecule has 0 bridgehead atoms. The van der Waals surface area contributed by atoms with Crippen molar-refractivity contribution in [1.82, 2.24) is 15.1 Å². The van der Waals surface area contributed by atoms with E-state index in [0.29, 0.717) is 35.5 Å². The van der Waals surface area contributed by atoms with Gasteiger partial charge in [0.25, 0.3) is 5.91 Å². The van der Waals surface area contributed by atoms with Crippen molar-refractivity contribution >= 4 is 5.91 Å². The molecular formula is C25H20FN3O2. The summed E-state index contributed by atoms with van der Waals surface area (Å²) in [4.78, 5) is 15.1. The Labute approximate surface area is 178 Å². The number of carbonyl (C=O) groups is 1. The van der Waals surface area contributed by atoms with E-state index in [1.807, 2.05) is 36.4 Å². The van der Waals surface area contributed by atoms with Crippen LogP contribution in [-0.2, 0) is 6.42 Å². The molecule has 154 valence electrons. The number of hydrogen-bond acceptors (Lipinski definition) is 3. The SMILES string of the molecule is O=C1c2[nH]nc(-c3ccccc3O)c2C(c2ccc(F)cc2)N1CCc1ccccc1. The normalized spacial score (nSPS) is 15.3. The number of halogens is 1. The lowest BCUT2D eigenvalue weighted by Crippen LogP contribution is -2.31. The number of aromatic amines is 1. The van der Waals surface area contributed by atoms with E-state index in [4.69, 9.17) is 0 Å². The molecule has 1 atom stereocenters. The fraction of sp³-hybridized carbons (Fsp3) is 0.120. The number of amides is 1. The molecule has 0 spiro atoms. The molecule has 1 aliphatic rings. The standard InChI is InChI=1S/C25H20FN3O2/c26-18-12-10-17(11-13-18)24-21-22(19-8-4-5-9-20(19)30)27-28-23(21)25(31)29(24)15-14-16-6-2-1-3-7-16/h1-13,24,30H,14-15H2,(H,27,28). The van der Waals surface area contributed by atoms with Gasteiger partial charge in [-0.25, -0.2) is 4.39 Å². The average Bonchev–Trinajstić information content (AvgIpc) is 3.33. The quantitative estimate of drug-likeness (QED) is 0.498. The molecule has 0 aliphatic carbocycles. The Kier molecular flexibility index (Phi) is 4.75. The fourth-order valence-electron chi connectivity index (χ4n) is 4.19. The number of fused-ring (bicyclic) bond motifs is 1. The highest BCUT2D eigenvalue weighted by Crippen LogP contribution is 2.44. The van der Waals surface area contributed by atoms with Gasteiger partial charge in [0.2, 0.25) is 0 Å². The van der Waals surface area contributed by atoms with Crippen molar-refractivity contribution in [2.75, 3.05) is 6.54 Å². The van der Waals surface area contributed by atoms with E-state index in [0.717, 1.165) is 11.1 Å². The first-order valence-electron chi connectivity index (χ1n) is 10.1. The van der Waals surface area contributed by atoms with Gasteiger partial charge in [-0.15, -0.1) is 0 Å². The maximum Gasteiger partial charge on any atom is 0.273 e. The Balaban J connectivity index is 1.59. The van der Waals surface area contributed by atoms with Crippen LogP contribution < -0.4 is 0 Å². The van der Waals surface area contributed by atoms with Gasteiger partial charge in [-0.2, -0.15) is 5.10 Å². The van der Waals surface area contributed by atoms with Gasteiger partial charge < -0.3 is 10.0 Å². The number of nitrogens with one attached hydrogen (secondary N) is 1. The molecule has 2 N–H and O–H groups in total. The van der Waals surface area contributed by atoms with Crippen molar-refractivity contribution in [2.45, 2.75) is 12.5 Å². The highest BCUT2D eigenvalue weighted by Gasteiger charge is 2.42. The molecule has 1 amide bonds. The summed E-state index contributed by atoms with van der Waals surface area (Å²) >= 11 is 0. The molecule has 1 unspecified atom stereocenters. The number of carbonyl (C=O) groups excluding carboxylic acids is 1. The van der Waals surface area contributed by atoms with E-state index in [2.05, 4.69) is 10.2 Å². The van der Waals surface area contributed by atoms with E-state index in [1.54, 1.807) is 35.2 Å². The summed E-state index contributed by atoms with van der Waals surface area (Å²) in [5.74, 6) is -0.406. The third kappa shape index (κ3) is 3.36. The summed E-state index contributed by atoms with van der Waals surface area (Å²) in [6, 6.07) is 22.6. The molecule has 0 saturated heterocycles. The molecule has 1 aromatic heterocycles. The highest BCUT2D eigenvalue weighted by atomic mass is 19.1. The number of aromatic nitrogens is 2. The summed E-state index contributed by atoms with van der Waals surface area (Å²) in [6.07, 6.45) is 0.688. The van der Waals surface area contributed by atoms with Crippen LogP contribution in [0.15, 0.2) is 78.9 Å². The number of para-hydroxylation sites is 1. The monoisotopic (exact) mass is 413 g/mol. The summed E-state index contributed by atoms with van der Waals surface area (Å²) in [6.45, 7) is 0.494. The van der Waals surface area contributed by atoms with Gasteiger partial charge >= 0.3 is 0 Å². The van der Waals surface area contributed by atoms with Crippen molar-refractivity contribution < 1.29 is 14.3 Å². The molecule has 1 aliphatic heterocycles. The third-order valence-corrected chi connectivity index (χ3v) is 5.69. The number of nitrogens with zero attached hydrogens (tertiary/aromatic N) is 2. The lowest BCUT2D eigenvalue weighted by Gasteiger charge is -2.26. The smallest absolute Gasteiger partial charge is 0.273 e. The first-order chi connectivity index (χ1) is 15.1. The van der Waals surface area contributed by atoms with Gasteiger partial charge in [-0.1, -0.05) is 54.6 Å².